The Morgan fingerprint density at radius 3 is 2.39 bits per heavy atom. The molecule has 0 fully saturated rings. The van der Waals surface area contributed by atoms with E-state index >= 15 is 0 Å². The van der Waals surface area contributed by atoms with Crippen molar-refractivity contribution in [2.45, 2.75) is 10.9 Å². The number of para-hydroxylation sites is 1. The molecule has 4 rings (SSSR count). The Morgan fingerprint density at radius 2 is 1.61 bits per heavy atom. The lowest BCUT2D eigenvalue weighted by atomic mass is 10.2. The number of benzene rings is 3. The summed E-state index contributed by atoms with van der Waals surface area (Å²) in [6, 6.07) is 21.1. The Balaban J connectivity index is 1.76. The normalized spacial score (nSPS) is 11.0. The summed E-state index contributed by atoms with van der Waals surface area (Å²) in [4.78, 5) is 0. The fourth-order valence-electron chi connectivity index (χ4n) is 2.79. The van der Waals surface area contributed by atoms with Crippen molar-refractivity contribution in [1.29, 1.82) is 0 Å². The van der Waals surface area contributed by atoms with E-state index in [0.29, 0.717) is 16.0 Å². The molecule has 0 atom stereocenters. The van der Waals surface area contributed by atoms with E-state index in [1.54, 1.807) is 12.1 Å². The van der Waals surface area contributed by atoms with Crippen LogP contribution >= 0.6 is 23.4 Å². The van der Waals surface area contributed by atoms with Crippen LogP contribution in [0.1, 0.15) is 5.56 Å². The van der Waals surface area contributed by atoms with Gasteiger partial charge in [-0.1, -0.05) is 65.8 Å². The van der Waals surface area contributed by atoms with Crippen LogP contribution in [-0.4, -0.2) is 14.8 Å². The van der Waals surface area contributed by atoms with Gasteiger partial charge in [0, 0.05) is 22.6 Å². The summed E-state index contributed by atoms with van der Waals surface area (Å²) in [6.07, 6.45) is 0. The molecule has 3 aromatic carbocycles. The van der Waals surface area contributed by atoms with Crippen LogP contribution in [0.4, 0.5) is 8.78 Å². The van der Waals surface area contributed by atoms with Crippen LogP contribution in [0.5, 0.6) is 0 Å². The van der Waals surface area contributed by atoms with Crippen molar-refractivity contribution in [3.63, 3.8) is 0 Å². The number of hydrogen-bond acceptors (Lipinski definition) is 3. The molecule has 1 heterocycles. The van der Waals surface area contributed by atoms with Crippen LogP contribution < -0.4 is 0 Å². The van der Waals surface area contributed by atoms with Crippen molar-refractivity contribution in [2.75, 3.05) is 0 Å². The van der Waals surface area contributed by atoms with Crippen molar-refractivity contribution >= 4 is 23.4 Å². The number of hydrogen-bond donors (Lipinski definition) is 0. The molecule has 0 spiro atoms. The molecule has 0 aliphatic heterocycles. The van der Waals surface area contributed by atoms with Crippen molar-refractivity contribution in [3.8, 4) is 17.1 Å². The minimum absolute atomic E-state index is 0.219. The smallest absolute Gasteiger partial charge is 0.196 e. The monoisotopic (exact) mass is 413 g/mol. The van der Waals surface area contributed by atoms with Crippen LogP contribution in [0, 0.1) is 11.6 Å². The van der Waals surface area contributed by atoms with Gasteiger partial charge in [-0.3, -0.25) is 4.57 Å². The van der Waals surface area contributed by atoms with Gasteiger partial charge in [-0.05, 0) is 30.3 Å². The molecule has 0 saturated carbocycles. The molecule has 0 saturated heterocycles. The Morgan fingerprint density at radius 1 is 0.857 bits per heavy atom. The summed E-state index contributed by atoms with van der Waals surface area (Å²) in [7, 11) is 0. The average molecular weight is 414 g/mol. The Hall–Kier alpha value is -2.70. The average Bonchev–Trinajstić information content (AvgIpc) is 3.14. The van der Waals surface area contributed by atoms with Crippen LogP contribution in [0.3, 0.4) is 0 Å². The highest BCUT2D eigenvalue weighted by Gasteiger charge is 2.18. The molecule has 140 valence electrons. The summed E-state index contributed by atoms with van der Waals surface area (Å²) in [6.45, 7) is 0. The minimum atomic E-state index is -0.862. The van der Waals surface area contributed by atoms with E-state index < -0.39 is 11.6 Å². The fourth-order valence-corrected chi connectivity index (χ4v) is 3.94. The second-order valence-corrected chi connectivity index (χ2v) is 7.31. The zero-order valence-electron chi connectivity index (χ0n) is 14.5. The maximum absolute atomic E-state index is 14.0. The molecule has 0 N–H and O–H groups in total. The van der Waals surface area contributed by atoms with Crippen molar-refractivity contribution < 1.29 is 8.78 Å². The van der Waals surface area contributed by atoms with Crippen molar-refractivity contribution in [1.82, 2.24) is 14.8 Å². The Labute approximate surface area is 170 Å². The number of nitrogens with zero attached hydrogens (tertiary/aromatic N) is 3. The first-order chi connectivity index (χ1) is 13.6. The quantitative estimate of drug-likeness (QED) is 0.367. The molecular formula is C21H14ClF2N3S. The lowest BCUT2D eigenvalue weighted by Gasteiger charge is -2.11. The van der Waals surface area contributed by atoms with Crippen LogP contribution in [-0.2, 0) is 5.75 Å². The first-order valence-corrected chi connectivity index (χ1v) is 9.83. The predicted octanol–water partition coefficient (Wildman–Crippen LogP) is 6.16. The lowest BCUT2D eigenvalue weighted by Crippen LogP contribution is -2.00. The third kappa shape index (κ3) is 3.66. The Bertz CT molecular complexity index is 1120. The molecular weight excluding hydrogens is 400 g/mol. The van der Waals surface area contributed by atoms with Gasteiger partial charge in [0.1, 0.15) is 0 Å². The maximum atomic E-state index is 14.0. The maximum Gasteiger partial charge on any atom is 0.196 e. The van der Waals surface area contributed by atoms with Crippen LogP contribution in [0.15, 0.2) is 78.0 Å². The SMILES string of the molecule is Fc1cccc(CSc2nnc(-c3ccccc3Cl)n2-c2ccccc2)c1F. The number of rotatable bonds is 5. The van der Waals surface area contributed by atoms with E-state index in [1.807, 2.05) is 53.1 Å². The van der Waals surface area contributed by atoms with Gasteiger partial charge < -0.3 is 0 Å². The van der Waals surface area contributed by atoms with Gasteiger partial charge in [-0.15, -0.1) is 10.2 Å². The van der Waals surface area contributed by atoms with Crippen molar-refractivity contribution in [3.05, 3.63) is 95.0 Å². The van der Waals surface area contributed by atoms with Gasteiger partial charge >= 0.3 is 0 Å². The van der Waals surface area contributed by atoms with Gasteiger partial charge in [0.2, 0.25) is 0 Å². The predicted molar refractivity (Wildman–Crippen MR) is 108 cm³/mol. The molecule has 0 radical (unpaired) electrons. The molecule has 0 amide bonds. The second kappa shape index (κ2) is 8.12. The minimum Gasteiger partial charge on any atom is -0.270 e. The standard InChI is InChI=1S/C21H14ClF2N3S/c22-17-11-5-4-10-16(17)20-25-26-21(27(20)15-8-2-1-3-9-15)28-13-14-7-6-12-18(23)19(14)24/h1-12H,13H2. The molecule has 0 aliphatic rings. The van der Waals surface area contributed by atoms with Gasteiger partial charge in [0.05, 0.1) is 5.02 Å². The topological polar surface area (TPSA) is 30.7 Å². The highest BCUT2D eigenvalue weighted by atomic mass is 35.5. The second-order valence-electron chi connectivity index (χ2n) is 5.96. The highest BCUT2D eigenvalue weighted by molar-refractivity contribution is 7.98. The molecule has 0 bridgehead atoms. The fraction of sp³-hybridized carbons (Fsp3) is 0.0476. The molecule has 4 aromatic rings. The summed E-state index contributed by atoms with van der Waals surface area (Å²) in [5, 5.41) is 9.71. The van der Waals surface area contributed by atoms with E-state index in [4.69, 9.17) is 11.6 Å². The summed E-state index contributed by atoms with van der Waals surface area (Å²) in [5.74, 6) is -0.901. The third-order valence-electron chi connectivity index (χ3n) is 4.15. The van der Waals surface area contributed by atoms with Crippen molar-refractivity contribution in [2.24, 2.45) is 0 Å². The number of halogens is 3. The van der Waals surface area contributed by atoms with E-state index in [-0.39, 0.29) is 11.3 Å². The number of thioether (sulfide) groups is 1. The van der Waals surface area contributed by atoms with Crippen LogP contribution in [0.25, 0.3) is 17.1 Å². The molecule has 3 nitrogen and oxygen atoms in total. The zero-order valence-corrected chi connectivity index (χ0v) is 16.1. The van der Waals surface area contributed by atoms with Gasteiger partial charge in [-0.2, -0.15) is 0 Å². The summed E-state index contributed by atoms with van der Waals surface area (Å²) in [5.41, 5.74) is 1.86. The largest absolute Gasteiger partial charge is 0.270 e. The first kappa shape index (κ1) is 18.7. The molecule has 1 aromatic heterocycles. The van der Waals surface area contributed by atoms with Gasteiger partial charge in [-0.25, -0.2) is 8.78 Å². The molecule has 0 aliphatic carbocycles. The third-order valence-corrected chi connectivity index (χ3v) is 5.46. The van der Waals surface area contributed by atoms with E-state index in [2.05, 4.69) is 10.2 Å². The first-order valence-electron chi connectivity index (χ1n) is 8.46. The molecule has 7 heteroatoms. The summed E-state index contributed by atoms with van der Waals surface area (Å²) >= 11 is 7.64. The zero-order chi connectivity index (χ0) is 19.5. The van der Waals surface area contributed by atoms with E-state index in [1.165, 1.54) is 17.8 Å². The van der Waals surface area contributed by atoms with E-state index in [9.17, 15) is 8.78 Å². The van der Waals surface area contributed by atoms with Crippen LogP contribution in [0.2, 0.25) is 5.02 Å². The molecule has 0 unspecified atom stereocenters. The lowest BCUT2D eigenvalue weighted by molar-refractivity contribution is 0.502. The number of aromatic nitrogens is 3. The molecule has 28 heavy (non-hydrogen) atoms. The van der Waals surface area contributed by atoms with Gasteiger partial charge in [0.25, 0.3) is 0 Å². The highest BCUT2D eigenvalue weighted by Crippen LogP contribution is 2.33. The summed E-state index contributed by atoms with van der Waals surface area (Å²) < 4.78 is 29.4. The van der Waals surface area contributed by atoms with E-state index in [0.717, 1.165) is 17.3 Å². The van der Waals surface area contributed by atoms with Gasteiger partial charge in [0.15, 0.2) is 22.6 Å². The Kier molecular flexibility index (Phi) is 5.41.